The zero-order chi connectivity index (χ0) is 21.1. The van der Waals surface area contributed by atoms with Crippen molar-refractivity contribution in [2.45, 2.75) is 44.1 Å². The number of hydrogen-bond donors (Lipinski definition) is 2. The molecule has 3 N–H and O–H groups in total. The number of nitrogens with zero attached hydrogens (tertiary/aromatic N) is 1. The second-order valence-electron chi connectivity index (χ2n) is 7.91. The molecule has 7 heteroatoms. The molecule has 1 atom stereocenters. The van der Waals surface area contributed by atoms with E-state index in [1.807, 2.05) is 18.2 Å². The highest BCUT2D eigenvalue weighted by Gasteiger charge is 2.36. The summed E-state index contributed by atoms with van der Waals surface area (Å²) in [6, 6.07) is 12.1. The van der Waals surface area contributed by atoms with Crippen LogP contribution in [0.3, 0.4) is 0 Å². The molecule has 0 saturated carbocycles. The number of rotatable bonds is 4. The lowest BCUT2D eigenvalue weighted by Crippen LogP contribution is -2.58. The van der Waals surface area contributed by atoms with Crippen LogP contribution in [-0.2, 0) is 33.9 Å². The lowest BCUT2D eigenvalue weighted by atomic mass is 9.89. The minimum Gasteiger partial charge on any atom is -0.381 e. The number of hydrogen-bond acceptors (Lipinski definition) is 5. The van der Waals surface area contributed by atoms with E-state index < -0.39 is 11.6 Å². The van der Waals surface area contributed by atoms with Gasteiger partial charge in [0.25, 0.3) is 0 Å². The first-order valence-electron chi connectivity index (χ1n) is 10.0. The van der Waals surface area contributed by atoms with Crippen molar-refractivity contribution in [2.75, 3.05) is 13.2 Å². The summed E-state index contributed by atoms with van der Waals surface area (Å²) in [6.45, 7) is 1.62. The van der Waals surface area contributed by atoms with Crippen molar-refractivity contribution in [3.63, 3.8) is 0 Å². The van der Waals surface area contributed by atoms with Crippen molar-refractivity contribution in [1.82, 2.24) is 5.32 Å². The predicted octanol–water partition coefficient (Wildman–Crippen LogP) is 2.58. The summed E-state index contributed by atoms with van der Waals surface area (Å²) in [5, 5.41) is 12.4. The highest BCUT2D eigenvalue weighted by molar-refractivity contribution is 5.86. The fourth-order valence-corrected chi connectivity index (χ4v) is 4.00. The summed E-state index contributed by atoms with van der Waals surface area (Å²) >= 11 is 0. The number of halogens is 1. The van der Waals surface area contributed by atoms with Crippen LogP contribution in [0.1, 0.15) is 29.5 Å². The van der Waals surface area contributed by atoms with Gasteiger partial charge in [0.15, 0.2) is 0 Å². The van der Waals surface area contributed by atoms with E-state index >= 15 is 0 Å². The van der Waals surface area contributed by atoms with Gasteiger partial charge in [-0.25, -0.2) is 4.39 Å². The van der Waals surface area contributed by atoms with Crippen molar-refractivity contribution in [2.24, 2.45) is 5.73 Å². The van der Waals surface area contributed by atoms with E-state index in [9.17, 15) is 14.4 Å². The minimum absolute atomic E-state index is 0.285. The molecule has 0 bridgehead atoms. The molecule has 30 heavy (non-hydrogen) atoms. The zero-order valence-electron chi connectivity index (χ0n) is 16.6. The summed E-state index contributed by atoms with van der Waals surface area (Å²) in [5.41, 5.74) is 9.86. The van der Waals surface area contributed by atoms with E-state index in [1.165, 1.54) is 12.1 Å². The number of amides is 1. The van der Waals surface area contributed by atoms with Crippen LogP contribution >= 0.6 is 0 Å². The lowest BCUT2D eigenvalue weighted by molar-refractivity contribution is -0.130. The number of nitrogens with two attached hydrogens (primary N) is 1. The molecule has 2 aliphatic rings. The molecular formula is C23H24FN3O3. The van der Waals surface area contributed by atoms with Gasteiger partial charge in [0, 0.05) is 19.6 Å². The molecule has 6 nitrogen and oxygen atoms in total. The van der Waals surface area contributed by atoms with Gasteiger partial charge in [-0.2, -0.15) is 5.26 Å². The van der Waals surface area contributed by atoms with E-state index in [0.717, 1.165) is 27.8 Å². The maximum Gasteiger partial charge on any atom is 0.241 e. The molecule has 0 unspecified atom stereocenters. The number of carbonyl (C=O) groups is 1. The number of benzene rings is 2. The first kappa shape index (κ1) is 20.5. The van der Waals surface area contributed by atoms with Gasteiger partial charge in [-0.05, 0) is 52.8 Å². The molecular weight excluding hydrogens is 385 g/mol. The molecule has 0 aliphatic carbocycles. The molecule has 1 amide bonds. The van der Waals surface area contributed by atoms with E-state index in [4.69, 9.17) is 15.2 Å². The molecule has 1 fully saturated rings. The second-order valence-corrected chi connectivity index (χ2v) is 7.91. The zero-order valence-corrected chi connectivity index (χ0v) is 16.6. The van der Waals surface area contributed by atoms with E-state index in [1.54, 1.807) is 6.07 Å². The molecule has 4 rings (SSSR count). The van der Waals surface area contributed by atoms with Crippen LogP contribution in [-0.4, -0.2) is 30.7 Å². The summed E-state index contributed by atoms with van der Waals surface area (Å²) in [5.74, 6) is -0.598. The smallest absolute Gasteiger partial charge is 0.241 e. The van der Waals surface area contributed by atoms with Crippen molar-refractivity contribution in [3.8, 4) is 17.2 Å². The Balaban J connectivity index is 1.51. The standard InChI is InChI=1S/C23H24FN3O3/c24-18-2-4-21-17(11-18)14-30-13-16-9-15(1-3-20(16)21)10-19(12-25)27-22(28)23(26)5-7-29-8-6-23/h1-4,9,11,19H,5-8,10,13-14,26H2,(H,27,28)/t19-/m1/s1. The average molecular weight is 409 g/mol. The number of nitriles is 1. The van der Waals surface area contributed by atoms with Crippen LogP contribution in [0.15, 0.2) is 36.4 Å². The predicted molar refractivity (Wildman–Crippen MR) is 109 cm³/mol. The first-order valence-corrected chi connectivity index (χ1v) is 10.0. The van der Waals surface area contributed by atoms with Gasteiger partial charge in [0.1, 0.15) is 11.9 Å². The van der Waals surface area contributed by atoms with E-state index in [2.05, 4.69) is 11.4 Å². The van der Waals surface area contributed by atoms with Crippen LogP contribution in [0.25, 0.3) is 11.1 Å². The van der Waals surface area contributed by atoms with Crippen LogP contribution in [0.5, 0.6) is 0 Å². The summed E-state index contributed by atoms with van der Waals surface area (Å²) in [7, 11) is 0. The van der Waals surface area contributed by atoms with Gasteiger partial charge in [0.05, 0.1) is 24.8 Å². The van der Waals surface area contributed by atoms with Gasteiger partial charge >= 0.3 is 0 Å². The third-order valence-electron chi connectivity index (χ3n) is 5.78. The molecule has 2 aromatic carbocycles. The molecule has 2 heterocycles. The summed E-state index contributed by atoms with van der Waals surface area (Å²) < 4.78 is 24.6. The molecule has 0 aromatic heterocycles. The van der Waals surface area contributed by atoms with E-state index in [-0.39, 0.29) is 11.7 Å². The molecule has 156 valence electrons. The fraction of sp³-hybridized carbons (Fsp3) is 0.391. The second kappa shape index (κ2) is 8.52. The Hall–Kier alpha value is -2.79. The number of nitrogens with one attached hydrogen (secondary N) is 1. The third-order valence-corrected chi connectivity index (χ3v) is 5.78. The average Bonchev–Trinajstić information content (AvgIpc) is 2.92. The third kappa shape index (κ3) is 4.21. The Morgan fingerprint density at radius 3 is 2.50 bits per heavy atom. The van der Waals surface area contributed by atoms with Gasteiger partial charge in [-0.1, -0.05) is 24.3 Å². The summed E-state index contributed by atoms with van der Waals surface area (Å²) in [4.78, 5) is 12.6. The van der Waals surface area contributed by atoms with Gasteiger partial charge in [-0.15, -0.1) is 0 Å². The van der Waals surface area contributed by atoms with Crippen molar-refractivity contribution >= 4 is 5.91 Å². The quantitative estimate of drug-likeness (QED) is 0.809. The fourth-order valence-electron chi connectivity index (χ4n) is 4.00. The molecule has 2 aliphatic heterocycles. The van der Waals surface area contributed by atoms with Crippen LogP contribution in [0.2, 0.25) is 0 Å². The molecule has 0 radical (unpaired) electrons. The highest BCUT2D eigenvalue weighted by atomic mass is 19.1. The summed E-state index contributed by atoms with van der Waals surface area (Å²) in [6.07, 6.45) is 1.23. The molecule has 2 aromatic rings. The van der Waals surface area contributed by atoms with Crippen LogP contribution in [0, 0.1) is 17.1 Å². The normalized spacial score (nSPS) is 18.3. The lowest BCUT2D eigenvalue weighted by Gasteiger charge is -2.32. The first-order chi connectivity index (χ1) is 14.5. The number of fused-ring (bicyclic) bond motifs is 3. The molecule has 1 saturated heterocycles. The number of ether oxygens (including phenoxy) is 2. The van der Waals surface area contributed by atoms with Crippen molar-refractivity contribution in [1.29, 1.82) is 5.26 Å². The number of carbonyl (C=O) groups excluding carboxylic acids is 1. The maximum atomic E-state index is 13.6. The van der Waals surface area contributed by atoms with Crippen molar-refractivity contribution in [3.05, 3.63) is 58.9 Å². The Morgan fingerprint density at radius 2 is 1.80 bits per heavy atom. The van der Waals surface area contributed by atoms with E-state index in [0.29, 0.717) is 45.7 Å². The monoisotopic (exact) mass is 409 g/mol. The van der Waals surface area contributed by atoms with Crippen LogP contribution in [0.4, 0.5) is 4.39 Å². The Kier molecular flexibility index (Phi) is 5.82. The molecule has 0 spiro atoms. The SMILES string of the molecule is N#C[C@@H](Cc1ccc2c(c1)COCc1cc(F)ccc1-2)NC(=O)C1(N)CCOCC1. The Labute approximate surface area is 174 Å². The van der Waals surface area contributed by atoms with Crippen LogP contribution < -0.4 is 11.1 Å². The van der Waals surface area contributed by atoms with Gasteiger partial charge < -0.3 is 20.5 Å². The highest BCUT2D eigenvalue weighted by Crippen LogP contribution is 2.33. The Bertz CT molecular complexity index is 996. The topological polar surface area (TPSA) is 97.4 Å². The van der Waals surface area contributed by atoms with Gasteiger partial charge in [0.2, 0.25) is 5.91 Å². The van der Waals surface area contributed by atoms with Crippen molar-refractivity contribution < 1.29 is 18.7 Å². The maximum absolute atomic E-state index is 13.6. The van der Waals surface area contributed by atoms with Gasteiger partial charge in [-0.3, -0.25) is 4.79 Å². The Morgan fingerprint density at radius 1 is 1.13 bits per heavy atom. The minimum atomic E-state index is -0.992. The largest absolute Gasteiger partial charge is 0.381 e.